The molecule has 1 N–H and O–H groups in total. The summed E-state index contributed by atoms with van der Waals surface area (Å²) >= 11 is 0. The first kappa shape index (κ1) is 14.8. The molecule has 0 spiro atoms. The van der Waals surface area contributed by atoms with Crippen molar-refractivity contribution in [3.63, 3.8) is 0 Å². The number of hydrogen-bond donors (Lipinski definition) is 1. The first-order valence-electron chi connectivity index (χ1n) is 7.24. The molecule has 0 unspecified atom stereocenters. The SMILES string of the molecule is COCCCCNCc1ccc(-c2ccccc2)cc1. The van der Waals surface area contributed by atoms with Gasteiger partial charge in [-0.2, -0.15) is 0 Å². The smallest absolute Gasteiger partial charge is 0.0462 e. The molecule has 0 aliphatic heterocycles. The van der Waals surface area contributed by atoms with E-state index in [9.17, 15) is 0 Å². The number of methoxy groups -OCH3 is 1. The third kappa shape index (κ3) is 4.80. The van der Waals surface area contributed by atoms with Gasteiger partial charge in [0.2, 0.25) is 0 Å². The Bertz CT molecular complexity index is 479. The Balaban J connectivity index is 1.77. The highest BCUT2D eigenvalue weighted by Crippen LogP contribution is 2.19. The maximum absolute atomic E-state index is 5.03. The second-order valence-corrected chi connectivity index (χ2v) is 4.94. The zero-order valence-electron chi connectivity index (χ0n) is 12.1. The Kier molecular flexibility index (Phi) is 6.28. The number of ether oxygens (including phenoxy) is 1. The van der Waals surface area contributed by atoms with E-state index in [0.717, 1.165) is 32.5 Å². The molecule has 2 aromatic carbocycles. The highest BCUT2D eigenvalue weighted by Gasteiger charge is 1.97. The fraction of sp³-hybridized carbons (Fsp3) is 0.333. The fourth-order valence-electron chi connectivity index (χ4n) is 2.17. The molecule has 20 heavy (non-hydrogen) atoms. The van der Waals surface area contributed by atoms with Crippen molar-refractivity contribution in [2.75, 3.05) is 20.3 Å². The first-order chi connectivity index (χ1) is 9.90. The van der Waals surface area contributed by atoms with Crippen molar-refractivity contribution >= 4 is 0 Å². The standard InChI is InChI=1S/C18H23NO/c1-20-14-6-5-13-19-15-16-9-11-18(12-10-16)17-7-3-2-4-8-17/h2-4,7-12,19H,5-6,13-15H2,1H3. The van der Waals surface area contributed by atoms with Crippen LogP contribution >= 0.6 is 0 Å². The van der Waals surface area contributed by atoms with Crippen LogP contribution < -0.4 is 5.32 Å². The molecule has 2 rings (SSSR count). The molecule has 0 saturated carbocycles. The van der Waals surface area contributed by atoms with Crippen molar-refractivity contribution in [2.45, 2.75) is 19.4 Å². The summed E-state index contributed by atoms with van der Waals surface area (Å²) in [7, 11) is 1.75. The molecule has 2 nitrogen and oxygen atoms in total. The number of benzene rings is 2. The fourth-order valence-corrected chi connectivity index (χ4v) is 2.17. The van der Waals surface area contributed by atoms with E-state index in [2.05, 4.69) is 53.8 Å². The Hall–Kier alpha value is -1.64. The summed E-state index contributed by atoms with van der Waals surface area (Å²) in [5.74, 6) is 0. The quantitative estimate of drug-likeness (QED) is 0.735. The zero-order valence-corrected chi connectivity index (χ0v) is 12.1. The minimum absolute atomic E-state index is 0.855. The lowest BCUT2D eigenvalue weighted by Gasteiger charge is -2.06. The minimum Gasteiger partial charge on any atom is -0.385 e. The van der Waals surface area contributed by atoms with E-state index in [1.54, 1.807) is 7.11 Å². The van der Waals surface area contributed by atoms with Gasteiger partial charge in [0.25, 0.3) is 0 Å². The Morgan fingerprint density at radius 1 is 0.850 bits per heavy atom. The van der Waals surface area contributed by atoms with Gasteiger partial charge in [-0.1, -0.05) is 54.6 Å². The molecule has 0 atom stereocenters. The number of nitrogens with one attached hydrogen (secondary N) is 1. The zero-order chi connectivity index (χ0) is 14.0. The predicted molar refractivity (Wildman–Crippen MR) is 84.7 cm³/mol. The van der Waals surface area contributed by atoms with Crippen LogP contribution in [0.5, 0.6) is 0 Å². The Morgan fingerprint density at radius 3 is 2.25 bits per heavy atom. The average molecular weight is 269 g/mol. The predicted octanol–water partition coefficient (Wildman–Crippen LogP) is 3.87. The van der Waals surface area contributed by atoms with Gasteiger partial charge in [0, 0.05) is 20.3 Å². The summed E-state index contributed by atoms with van der Waals surface area (Å²) < 4.78 is 5.03. The maximum Gasteiger partial charge on any atom is 0.0462 e. The van der Waals surface area contributed by atoms with Crippen molar-refractivity contribution in [1.29, 1.82) is 0 Å². The molecular formula is C18H23NO. The van der Waals surface area contributed by atoms with Crippen LogP contribution in [0.25, 0.3) is 11.1 Å². The van der Waals surface area contributed by atoms with Crippen molar-refractivity contribution in [3.8, 4) is 11.1 Å². The van der Waals surface area contributed by atoms with Gasteiger partial charge in [-0.05, 0) is 36.1 Å². The van der Waals surface area contributed by atoms with Gasteiger partial charge in [0.15, 0.2) is 0 Å². The van der Waals surface area contributed by atoms with E-state index >= 15 is 0 Å². The van der Waals surface area contributed by atoms with Crippen LogP contribution in [0.3, 0.4) is 0 Å². The van der Waals surface area contributed by atoms with Gasteiger partial charge < -0.3 is 10.1 Å². The second kappa shape index (κ2) is 8.51. The van der Waals surface area contributed by atoms with E-state index < -0.39 is 0 Å². The molecule has 0 amide bonds. The van der Waals surface area contributed by atoms with Gasteiger partial charge in [-0.15, -0.1) is 0 Å². The number of rotatable bonds is 8. The average Bonchev–Trinajstić information content (AvgIpc) is 2.52. The van der Waals surface area contributed by atoms with E-state index in [4.69, 9.17) is 4.74 Å². The molecule has 0 radical (unpaired) electrons. The molecule has 0 aliphatic rings. The molecule has 0 fully saturated rings. The normalized spacial score (nSPS) is 10.7. The van der Waals surface area contributed by atoms with Crippen molar-refractivity contribution in [2.24, 2.45) is 0 Å². The molecule has 2 aromatic rings. The van der Waals surface area contributed by atoms with Crippen LogP contribution in [0.15, 0.2) is 54.6 Å². The lowest BCUT2D eigenvalue weighted by Crippen LogP contribution is -2.15. The molecule has 0 bridgehead atoms. The molecule has 106 valence electrons. The largest absolute Gasteiger partial charge is 0.385 e. The lowest BCUT2D eigenvalue weighted by molar-refractivity contribution is 0.192. The van der Waals surface area contributed by atoms with Crippen molar-refractivity contribution in [3.05, 3.63) is 60.2 Å². The lowest BCUT2D eigenvalue weighted by atomic mass is 10.0. The molecule has 0 aromatic heterocycles. The summed E-state index contributed by atoms with van der Waals surface area (Å²) in [6.07, 6.45) is 2.28. The highest BCUT2D eigenvalue weighted by molar-refractivity contribution is 5.63. The number of unbranched alkanes of at least 4 members (excludes halogenated alkanes) is 1. The van der Waals surface area contributed by atoms with Crippen molar-refractivity contribution in [1.82, 2.24) is 5.32 Å². The number of hydrogen-bond acceptors (Lipinski definition) is 2. The van der Waals surface area contributed by atoms with E-state index in [0.29, 0.717) is 0 Å². The van der Waals surface area contributed by atoms with Crippen LogP contribution in [-0.2, 0) is 11.3 Å². The van der Waals surface area contributed by atoms with E-state index in [-0.39, 0.29) is 0 Å². The second-order valence-electron chi connectivity index (χ2n) is 4.94. The van der Waals surface area contributed by atoms with Gasteiger partial charge in [0.05, 0.1) is 0 Å². The van der Waals surface area contributed by atoms with Crippen LogP contribution in [-0.4, -0.2) is 20.3 Å². The van der Waals surface area contributed by atoms with Crippen LogP contribution in [0.1, 0.15) is 18.4 Å². The summed E-state index contributed by atoms with van der Waals surface area (Å²) in [6, 6.07) is 19.3. The van der Waals surface area contributed by atoms with Crippen LogP contribution in [0.4, 0.5) is 0 Å². The first-order valence-corrected chi connectivity index (χ1v) is 7.24. The Morgan fingerprint density at radius 2 is 1.55 bits per heavy atom. The van der Waals surface area contributed by atoms with Crippen LogP contribution in [0.2, 0.25) is 0 Å². The molecule has 2 heteroatoms. The third-order valence-electron chi connectivity index (χ3n) is 3.34. The third-order valence-corrected chi connectivity index (χ3v) is 3.34. The molecule has 0 aliphatic carbocycles. The summed E-state index contributed by atoms with van der Waals surface area (Å²) in [6.45, 7) is 2.83. The summed E-state index contributed by atoms with van der Waals surface area (Å²) in [5.41, 5.74) is 3.87. The van der Waals surface area contributed by atoms with Gasteiger partial charge >= 0.3 is 0 Å². The highest BCUT2D eigenvalue weighted by atomic mass is 16.5. The summed E-state index contributed by atoms with van der Waals surface area (Å²) in [5, 5.41) is 3.46. The molecular weight excluding hydrogens is 246 g/mol. The summed E-state index contributed by atoms with van der Waals surface area (Å²) in [4.78, 5) is 0. The van der Waals surface area contributed by atoms with E-state index in [1.165, 1.54) is 16.7 Å². The van der Waals surface area contributed by atoms with Gasteiger partial charge in [0.1, 0.15) is 0 Å². The van der Waals surface area contributed by atoms with Crippen LogP contribution in [0, 0.1) is 0 Å². The molecule has 0 saturated heterocycles. The minimum atomic E-state index is 0.855. The maximum atomic E-state index is 5.03. The van der Waals surface area contributed by atoms with E-state index in [1.807, 2.05) is 6.07 Å². The Labute approximate surface area is 121 Å². The molecule has 0 heterocycles. The topological polar surface area (TPSA) is 21.3 Å². The monoisotopic (exact) mass is 269 g/mol. The van der Waals surface area contributed by atoms with Gasteiger partial charge in [-0.25, -0.2) is 0 Å². The van der Waals surface area contributed by atoms with Crippen molar-refractivity contribution < 1.29 is 4.74 Å². The van der Waals surface area contributed by atoms with Gasteiger partial charge in [-0.3, -0.25) is 0 Å².